The first kappa shape index (κ1) is 11.9. The summed E-state index contributed by atoms with van der Waals surface area (Å²) in [5.41, 5.74) is 0. The smallest absolute Gasteiger partial charge is 0.225 e. The molecule has 1 aliphatic heterocycles. The molecule has 0 spiro atoms. The third-order valence-electron chi connectivity index (χ3n) is 3.94. The van der Waals surface area contributed by atoms with Gasteiger partial charge in [-0.15, -0.1) is 0 Å². The van der Waals surface area contributed by atoms with Crippen LogP contribution in [0.1, 0.15) is 46.0 Å². The zero-order valence-corrected chi connectivity index (χ0v) is 10.5. The lowest BCUT2D eigenvalue weighted by Gasteiger charge is -2.35. The Hall–Kier alpha value is -0.570. The molecule has 1 heterocycles. The SMILES string of the molecule is CC(C)N(CC1CCCN1)C(=O)C1CCC1. The van der Waals surface area contributed by atoms with E-state index >= 15 is 0 Å². The van der Waals surface area contributed by atoms with E-state index < -0.39 is 0 Å². The molecule has 1 atom stereocenters. The fraction of sp³-hybridized carbons (Fsp3) is 0.923. The van der Waals surface area contributed by atoms with Crippen molar-refractivity contribution >= 4 is 5.91 Å². The molecular formula is C13H24N2O. The van der Waals surface area contributed by atoms with Gasteiger partial charge in [0, 0.05) is 24.5 Å². The molecule has 2 rings (SSSR count). The van der Waals surface area contributed by atoms with Crippen molar-refractivity contribution in [1.29, 1.82) is 0 Å². The molecular weight excluding hydrogens is 200 g/mol. The third kappa shape index (κ3) is 2.57. The molecule has 0 radical (unpaired) electrons. The van der Waals surface area contributed by atoms with E-state index in [-0.39, 0.29) is 0 Å². The fourth-order valence-electron chi connectivity index (χ4n) is 2.59. The van der Waals surface area contributed by atoms with E-state index in [0.29, 0.717) is 23.9 Å². The summed E-state index contributed by atoms with van der Waals surface area (Å²) in [6.45, 7) is 6.29. The molecule has 16 heavy (non-hydrogen) atoms. The summed E-state index contributed by atoms with van der Waals surface area (Å²) in [4.78, 5) is 14.3. The average Bonchev–Trinajstić information content (AvgIpc) is 2.62. The normalized spacial score (nSPS) is 25.8. The van der Waals surface area contributed by atoms with Crippen LogP contribution in [-0.2, 0) is 4.79 Å². The van der Waals surface area contributed by atoms with Crippen molar-refractivity contribution in [3.05, 3.63) is 0 Å². The summed E-state index contributed by atoms with van der Waals surface area (Å²) in [5, 5.41) is 3.48. The summed E-state index contributed by atoms with van der Waals surface area (Å²) in [6, 6.07) is 0.877. The zero-order valence-electron chi connectivity index (χ0n) is 10.5. The van der Waals surface area contributed by atoms with Crippen LogP contribution < -0.4 is 5.32 Å². The number of amides is 1. The fourth-order valence-corrected chi connectivity index (χ4v) is 2.59. The number of carbonyl (C=O) groups excluding carboxylic acids is 1. The average molecular weight is 224 g/mol. The van der Waals surface area contributed by atoms with E-state index in [4.69, 9.17) is 0 Å². The van der Waals surface area contributed by atoms with E-state index in [1.807, 2.05) is 0 Å². The van der Waals surface area contributed by atoms with Gasteiger partial charge in [0.25, 0.3) is 0 Å². The molecule has 3 nitrogen and oxygen atoms in total. The van der Waals surface area contributed by atoms with Gasteiger partial charge in [-0.05, 0) is 46.1 Å². The molecule has 1 N–H and O–H groups in total. The number of carbonyl (C=O) groups is 1. The largest absolute Gasteiger partial charge is 0.338 e. The molecule has 1 aliphatic carbocycles. The standard InChI is InChI=1S/C13H24N2O/c1-10(2)15(9-12-7-4-8-14-12)13(16)11-5-3-6-11/h10-12,14H,3-9H2,1-2H3. The maximum Gasteiger partial charge on any atom is 0.225 e. The molecule has 1 saturated carbocycles. The maximum atomic E-state index is 12.3. The van der Waals surface area contributed by atoms with Gasteiger partial charge in [0.15, 0.2) is 0 Å². The van der Waals surface area contributed by atoms with E-state index in [0.717, 1.165) is 25.9 Å². The van der Waals surface area contributed by atoms with E-state index in [9.17, 15) is 4.79 Å². The predicted octanol–water partition coefficient (Wildman–Crippen LogP) is 1.78. The quantitative estimate of drug-likeness (QED) is 0.789. The van der Waals surface area contributed by atoms with Crippen molar-refractivity contribution < 1.29 is 4.79 Å². The highest BCUT2D eigenvalue weighted by Gasteiger charge is 2.32. The van der Waals surface area contributed by atoms with Crippen molar-refractivity contribution in [3.8, 4) is 0 Å². The summed E-state index contributed by atoms with van der Waals surface area (Å²) >= 11 is 0. The lowest BCUT2D eigenvalue weighted by Crippen LogP contribution is -2.48. The number of rotatable bonds is 4. The topological polar surface area (TPSA) is 32.3 Å². The van der Waals surface area contributed by atoms with E-state index in [1.165, 1.54) is 19.3 Å². The van der Waals surface area contributed by atoms with Crippen LogP contribution in [0.5, 0.6) is 0 Å². The molecule has 2 fully saturated rings. The Morgan fingerprint density at radius 1 is 1.31 bits per heavy atom. The van der Waals surface area contributed by atoms with Crippen LogP contribution in [0.2, 0.25) is 0 Å². The van der Waals surface area contributed by atoms with Crippen LogP contribution in [0, 0.1) is 5.92 Å². The molecule has 0 aromatic carbocycles. The Morgan fingerprint density at radius 3 is 2.50 bits per heavy atom. The molecule has 3 heteroatoms. The van der Waals surface area contributed by atoms with Gasteiger partial charge in [0.1, 0.15) is 0 Å². The van der Waals surface area contributed by atoms with Crippen LogP contribution in [-0.4, -0.2) is 36.0 Å². The minimum atomic E-state index is 0.337. The number of hydrogen-bond acceptors (Lipinski definition) is 2. The van der Waals surface area contributed by atoms with Crippen molar-refractivity contribution in [2.75, 3.05) is 13.1 Å². The van der Waals surface area contributed by atoms with Crippen molar-refractivity contribution in [1.82, 2.24) is 10.2 Å². The van der Waals surface area contributed by atoms with Gasteiger partial charge in [-0.25, -0.2) is 0 Å². The van der Waals surface area contributed by atoms with Crippen LogP contribution in [0.3, 0.4) is 0 Å². The number of hydrogen-bond donors (Lipinski definition) is 1. The number of nitrogens with zero attached hydrogens (tertiary/aromatic N) is 1. The van der Waals surface area contributed by atoms with Crippen molar-refractivity contribution in [3.63, 3.8) is 0 Å². The zero-order chi connectivity index (χ0) is 11.5. The molecule has 1 unspecified atom stereocenters. The van der Waals surface area contributed by atoms with Gasteiger partial charge in [0.2, 0.25) is 5.91 Å². The highest BCUT2D eigenvalue weighted by atomic mass is 16.2. The molecule has 1 saturated heterocycles. The maximum absolute atomic E-state index is 12.3. The first-order valence-corrected chi connectivity index (χ1v) is 6.72. The molecule has 0 bridgehead atoms. The van der Waals surface area contributed by atoms with Crippen LogP contribution in [0.25, 0.3) is 0 Å². The second-order valence-corrected chi connectivity index (χ2v) is 5.51. The van der Waals surface area contributed by atoms with E-state index in [1.54, 1.807) is 0 Å². The van der Waals surface area contributed by atoms with Crippen LogP contribution in [0.15, 0.2) is 0 Å². The van der Waals surface area contributed by atoms with Gasteiger partial charge in [0.05, 0.1) is 0 Å². The first-order chi connectivity index (χ1) is 7.68. The molecule has 0 aromatic heterocycles. The summed E-state index contributed by atoms with van der Waals surface area (Å²) in [5.74, 6) is 0.735. The molecule has 92 valence electrons. The van der Waals surface area contributed by atoms with E-state index in [2.05, 4.69) is 24.1 Å². The summed E-state index contributed by atoms with van der Waals surface area (Å²) < 4.78 is 0. The van der Waals surface area contributed by atoms with Gasteiger partial charge in [-0.2, -0.15) is 0 Å². The Morgan fingerprint density at radius 2 is 2.06 bits per heavy atom. The number of nitrogens with one attached hydrogen (secondary N) is 1. The molecule has 1 amide bonds. The highest BCUT2D eigenvalue weighted by Crippen LogP contribution is 2.29. The van der Waals surface area contributed by atoms with Gasteiger partial charge in [-0.3, -0.25) is 4.79 Å². The lowest BCUT2D eigenvalue weighted by molar-refractivity contribution is -0.140. The third-order valence-corrected chi connectivity index (χ3v) is 3.94. The second-order valence-electron chi connectivity index (χ2n) is 5.51. The second kappa shape index (κ2) is 5.17. The Bertz CT molecular complexity index is 242. The van der Waals surface area contributed by atoms with Gasteiger partial charge in [-0.1, -0.05) is 6.42 Å². The Kier molecular flexibility index (Phi) is 3.85. The van der Waals surface area contributed by atoms with Crippen LogP contribution >= 0.6 is 0 Å². The van der Waals surface area contributed by atoms with Gasteiger partial charge >= 0.3 is 0 Å². The van der Waals surface area contributed by atoms with Crippen molar-refractivity contribution in [2.45, 2.75) is 58.0 Å². The minimum absolute atomic E-state index is 0.337. The Labute approximate surface area is 98.6 Å². The highest BCUT2D eigenvalue weighted by molar-refractivity contribution is 5.79. The lowest BCUT2D eigenvalue weighted by atomic mass is 9.84. The van der Waals surface area contributed by atoms with Crippen LogP contribution in [0.4, 0.5) is 0 Å². The first-order valence-electron chi connectivity index (χ1n) is 6.72. The minimum Gasteiger partial charge on any atom is -0.338 e. The van der Waals surface area contributed by atoms with Gasteiger partial charge < -0.3 is 10.2 Å². The molecule has 2 aliphatic rings. The Balaban J connectivity index is 1.90. The van der Waals surface area contributed by atoms with Crippen molar-refractivity contribution in [2.24, 2.45) is 5.92 Å². The summed E-state index contributed by atoms with van der Waals surface area (Å²) in [6.07, 6.45) is 5.94. The summed E-state index contributed by atoms with van der Waals surface area (Å²) in [7, 11) is 0. The molecule has 0 aromatic rings. The monoisotopic (exact) mass is 224 g/mol. The predicted molar refractivity (Wildman–Crippen MR) is 65.2 cm³/mol.